The van der Waals surface area contributed by atoms with E-state index in [1.807, 2.05) is 0 Å². The lowest BCUT2D eigenvalue weighted by molar-refractivity contribution is -0.143. The van der Waals surface area contributed by atoms with Gasteiger partial charge in [-0.3, -0.25) is 0 Å². The summed E-state index contributed by atoms with van der Waals surface area (Å²) >= 11 is 0. The van der Waals surface area contributed by atoms with E-state index in [1.165, 1.54) is 0 Å². The molecule has 1 aromatic heterocycles. The molecule has 0 fully saturated rings. The Hall–Kier alpha value is -1.67. The zero-order chi connectivity index (χ0) is 13.4. The summed E-state index contributed by atoms with van der Waals surface area (Å²) in [5.74, 6) is -1.93. The summed E-state index contributed by atoms with van der Waals surface area (Å²) < 4.78 is 72.8. The molecule has 0 spiro atoms. The summed E-state index contributed by atoms with van der Waals surface area (Å²) in [6.07, 6.45) is -9.31. The molecular formula is C8H5F6NO2. The molecule has 0 saturated heterocycles. The van der Waals surface area contributed by atoms with Crippen molar-refractivity contribution in [3.8, 4) is 0 Å². The number of hydrogen-bond acceptors (Lipinski definition) is 1. The lowest BCUT2D eigenvalue weighted by Crippen LogP contribution is -2.16. The fourth-order valence-electron chi connectivity index (χ4n) is 1.20. The molecule has 1 rings (SSSR count). The Morgan fingerprint density at radius 2 is 1.71 bits per heavy atom. The highest BCUT2D eigenvalue weighted by molar-refractivity contribution is 5.89. The molecule has 1 heterocycles. The molecule has 0 unspecified atom stereocenters. The van der Waals surface area contributed by atoms with E-state index in [0.29, 0.717) is 6.20 Å². The molecule has 0 aliphatic heterocycles. The van der Waals surface area contributed by atoms with Crippen LogP contribution in [0.15, 0.2) is 12.4 Å². The molecule has 1 aromatic rings. The molecule has 1 N–H and O–H groups in total. The van der Waals surface area contributed by atoms with Gasteiger partial charge < -0.3 is 9.67 Å². The van der Waals surface area contributed by atoms with Crippen molar-refractivity contribution in [1.29, 1.82) is 0 Å². The average Bonchev–Trinajstić information content (AvgIpc) is 2.43. The van der Waals surface area contributed by atoms with E-state index < -0.39 is 36.0 Å². The lowest BCUT2D eigenvalue weighted by atomic mass is 10.2. The molecule has 0 radical (unpaired) electrons. The SMILES string of the molecule is O=C(O)c1cn(CC(F)(F)F)cc1C(F)(F)F. The standard InChI is InChI=1S/C8H5F6NO2/c9-7(10,11)3-15-1-4(6(16)17)5(2-15)8(12,13)14/h1-2H,3H2,(H,16,17). The quantitative estimate of drug-likeness (QED) is 0.832. The number of rotatable bonds is 2. The molecule has 0 amide bonds. The molecule has 17 heavy (non-hydrogen) atoms. The first-order valence-electron chi connectivity index (χ1n) is 4.08. The molecule has 0 saturated carbocycles. The monoisotopic (exact) mass is 261 g/mol. The second-order valence-corrected chi connectivity index (χ2v) is 3.18. The first-order valence-corrected chi connectivity index (χ1v) is 4.08. The van der Waals surface area contributed by atoms with E-state index in [1.54, 1.807) is 0 Å². The van der Waals surface area contributed by atoms with Crippen LogP contribution in [-0.2, 0) is 12.7 Å². The summed E-state index contributed by atoms with van der Waals surface area (Å²) in [5, 5.41) is 8.45. The first kappa shape index (κ1) is 13.4. The predicted octanol–water partition coefficient (Wildman–Crippen LogP) is 2.77. The van der Waals surface area contributed by atoms with E-state index in [2.05, 4.69) is 0 Å². The van der Waals surface area contributed by atoms with Gasteiger partial charge in [-0.15, -0.1) is 0 Å². The van der Waals surface area contributed by atoms with Crippen molar-refractivity contribution < 1.29 is 36.2 Å². The normalized spacial score (nSPS) is 12.8. The van der Waals surface area contributed by atoms with Crippen LogP contribution in [0.5, 0.6) is 0 Å². The van der Waals surface area contributed by atoms with E-state index in [4.69, 9.17) is 5.11 Å². The Bertz CT molecular complexity index is 430. The lowest BCUT2D eigenvalue weighted by Gasteiger charge is -2.07. The van der Waals surface area contributed by atoms with Crippen molar-refractivity contribution in [2.75, 3.05) is 0 Å². The molecular weight excluding hydrogens is 256 g/mol. The van der Waals surface area contributed by atoms with Crippen molar-refractivity contribution in [3.05, 3.63) is 23.5 Å². The summed E-state index contributed by atoms with van der Waals surface area (Å²) in [6, 6.07) is 0. The van der Waals surface area contributed by atoms with Gasteiger partial charge in [0.05, 0.1) is 11.1 Å². The topological polar surface area (TPSA) is 42.2 Å². The number of halogens is 6. The number of carboxylic acids is 1. The smallest absolute Gasteiger partial charge is 0.418 e. The van der Waals surface area contributed by atoms with Gasteiger partial charge in [0.2, 0.25) is 0 Å². The maximum absolute atomic E-state index is 12.3. The van der Waals surface area contributed by atoms with Crippen LogP contribution in [0.25, 0.3) is 0 Å². The van der Waals surface area contributed by atoms with E-state index in [9.17, 15) is 31.1 Å². The number of carboxylic acid groups (broad SMARTS) is 1. The van der Waals surface area contributed by atoms with E-state index in [0.717, 1.165) is 0 Å². The number of aromatic nitrogens is 1. The van der Waals surface area contributed by atoms with Crippen LogP contribution >= 0.6 is 0 Å². The minimum Gasteiger partial charge on any atom is -0.478 e. The maximum atomic E-state index is 12.3. The molecule has 9 heteroatoms. The average molecular weight is 261 g/mol. The van der Waals surface area contributed by atoms with Crippen LogP contribution in [0.2, 0.25) is 0 Å². The largest absolute Gasteiger partial charge is 0.478 e. The highest BCUT2D eigenvalue weighted by Crippen LogP contribution is 2.33. The second-order valence-electron chi connectivity index (χ2n) is 3.18. The highest BCUT2D eigenvalue weighted by Gasteiger charge is 2.38. The van der Waals surface area contributed by atoms with Gasteiger partial charge in [0, 0.05) is 12.4 Å². The van der Waals surface area contributed by atoms with Crippen LogP contribution in [0.4, 0.5) is 26.3 Å². The molecule has 0 aromatic carbocycles. The zero-order valence-corrected chi connectivity index (χ0v) is 7.93. The summed E-state index contributed by atoms with van der Waals surface area (Å²) in [5.41, 5.74) is -2.81. The highest BCUT2D eigenvalue weighted by atomic mass is 19.4. The van der Waals surface area contributed by atoms with Crippen LogP contribution < -0.4 is 0 Å². The first-order chi connectivity index (χ1) is 7.50. The molecule has 3 nitrogen and oxygen atoms in total. The van der Waals surface area contributed by atoms with Gasteiger partial charge in [-0.25, -0.2) is 4.79 Å². The van der Waals surface area contributed by atoms with Crippen LogP contribution in [0, 0.1) is 0 Å². The van der Waals surface area contributed by atoms with Gasteiger partial charge >= 0.3 is 18.3 Å². The van der Waals surface area contributed by atoms with Gasteiger partial charge in [-0.1, -0.05) is 0 Å². The number of alkyl halides is 6. The molecule has 96 valence electrons. The summed E-state index contributed by atoms with van der Waals surface area (Å²) in [4.78, 5) is 10.5. The number of hydrogen-bond donors (Lipinski definition) is 1. The number of nitrogens with zero attached hydrogens (tertiary/aromatic N) is 1. The fourth-order valence-corrected chi connectivity index (χ4v) is 1.20. The van der Waals surface area contributed by atoms with E-state index in [-0.39, 0.29) is 10.8 Å². The van der Waals surface area contributed by atoms with Crippen molar-refractivity contribution in [1.82, 2.24) is 4.57 Å². The maximum Gasteiger partial charge on any atom is 0.418 e. The Balaban J connectivity index is 3.18. The second kappa shape index (κ2) is 3.97. The Kier molecular flexibility index (Phi) is 3.13. The van der Waals surface area contributed by atoms with E-state index >= 15 is 0 Å². The molecule has 0 bridgehead atoms. The number of carbonyl (C=O) groups is 1. The van der Waals surface area contributed by atoms with Gasteiger partial charge in [-0.05, 0) is 0 Å². The number of aromatic carboxylic acids is 1. The van der Waals surface area contributed by atoms with Gasteiger partial charge in [0.25, 0.3) is 0 Å². The van der Waals surface area contributed by atoms with Crippen molar-refractivity contribution in [3.63, 3.8) is 0 Å². The van der Waals surface area contributed by atoms with Crippen LogP contribution in [0.1, 0.15) is 15.9 Å². The minimum absolute atomic E-state index is 0.122. The third-order valence-electron chi connectivity index (χ3n) is 1.78. The van der Waals surface area contributed by atoms with Gasteiger partial charge in [-0.2, -0.15) is 26.3 Å². The van der Waals surface area contributed by atoms with Crippen molar-refractivity contribution >= 4 is 5.97 Å². The van der Waals surface area contributed by atoms with Gasteiger partial charge in [0.1, 0.15) is 6.54 Å². The fraction of sp³-hybridized carbons (Fsp3) is 0.375. The molecule has 0 atom stereocenters. The Morgan fingerprint density at radius 3 is 2.00 bits per heavy atom. The Labute approximate surface area is 90.3 Å². The minimum atomic E-state index is -5.01. The van der Waals surface area contributed by atoms with Crippen molar-refractivity contribution in [2.45, 2.75) is 18.9 Å². The molecule has 0 aliphatic carbocycles. The molecule has 0 aliphatic rings. The zero-order valence-electron chi connectivity index (χ0n) is 7.93. The summed E-state index contributed by atoms with van der Waals surface area (Å²) in [6.45, 7) is -1.68. The van der Waals surface area contributed by atoms with Gasteiger partial charge in [0.15, 0.2) is 0 Å². The third-order valence-corrected chi connectivity index (χ3v) is 1.78. The third kappa shape index (κ3) is 3.40. The van der Waals surface area contributed by atoms with Crippen LogP contribution in [-0.4, -0.2) is 21.8 Å². The summed E-state index contributed by atoms with van der Waals surface area (Å²) in [7, 11) is 0. The van der Waals surface area contributed by atoms with Crippen molar-refractivity contribution in [2.24, 2.45) is 0 Å². The van der Waals surface area contributed by atoms with Crippen LogP contribution in [0.3, 0.4) is 0 Å². The Morgan fingerprint density at radius 1 is 1.18 bits per heavy atom. The predicted molar refractivity (Wildman–Crippen MR) is 42.4 cm³/mol.